The van der Waals surface area contributed by atoms with E-state index in [1.54, 1.807) is 36.8 Å². The second-order valence-electron chi connectivity index (χ2n) is 10.3. The van der Waals surface area contributed by atoms with Crippen LogP contribution in [0.15, 0.2) is 55.0 Å². The van der Waals surface area contributed by atoms with Crippen molar-refractivity contribution in [3.8, 4) is 16.9 Å². The van der Waals surface area contributed by atoms with Crippen molar-refractivity contribution < 1.29 is 19.1 Å². The van der Waals surface area contributed by atoms with Gasteiger partial charge in [-0.05, 0) is 42.8 Å². The molecule has 1 unspecified atom stereocenters. The topological polar surface area (TPSA) is 123 Å². The molecule has 0 aliphatic carbocycles. The Balaban J connectivity index is 1.23. The lowest BCUT2D eigenvalue weighted by Crippen LogP contribution is -2.60. The number of nitrogens with one attached hydrogen (secondary N) is 2. The van der Waals surface area contributed by atoms with Crippen LogP contribution in [0.4, 0.5) is 11.6 Å². The highest BCUT2D eigenvalue weighted by atomic mass is 16.5. The Morgan fingerprint density at radius 2 is 1.82 bits per heavy atom. The fourth-order valence-electron chi connectivity index (χ4n) is 5.62. The number of fused-ring (bicyclic) bond motifs is 3. The van der Waals surface area contributed by atoms with Gasteiger partial charge in [0.15, 0.2) is 5.82 Å². The number of anilines is 2. The Kier molecular flexibility index (Phi) is 6.81. The van der Waals surface area contributed by atoms with Gasteiger partial charge in [0, 0.05) is 56.5 Å². The van der Waals surface area contributed by atoms with Crippen molar-refractivity contribution in [2.75, 3.05) is 25.6 Å². The van der Waals surface area contributed by atoms with Gasteiger partial charge in [0.2, 0.25) is 5.91 Å². The first-order chi connectivity index (χ1) is 19.4. The smallest absolute Gasteiger partial charge is 0.252 e. The maximum atomic E-state index is 12.2. The lowest BCUT2D eigenvalue weighted by Gasteiger charge is -2.47. The Morgan fingerprint density at radius 1 is 1.02 bits per heavy atom. The predicted molar refractivity (Wildman–Crippen MR) is 149 cm³/mol. The highest BCUT2D eigenvalue weighted by Gasteiger charge is 2.41. The van der Waals surface area contributed by atoms with Gasteiger partial charge in [0.1, 0.15) is 17.7 Å². The number of nitrogens with zero attached hydrogens (tertiary/aromatic N) is 5. The number of morpholine rings is 1. The van der Waals surface area contributed by atoms with E-state index in [4.69, 9.17) is 9.47 Å². The fourth-order valence-corrected chi connectivity index (χ4v) is 5.62. The molecule has 0 saturated carbocycles. The standard InChI is InChI=1S/C29H31N7O4/c1-17-8-25(26(14-31-17)40-24-10-22-15-39-16-23(11-24)36(22)18(2)37)19-6-7-35-21(9-19)12-28(34-35)33-27-5-4-20(13-32-27)29(38)30-3/h4-9,12-14,22-24H,10-11,15-16H2,1-3H3,(H,30,38)(H,32,33,34)/t22-,23+,24?. The zero-order chi connectivity index (χ0) is 27.8. The first-order valence-electron chi connectivity index (χ1n) is 13.3. The van der Waals surface area contributed by atoms with Crippen LogP contribution in [0, 0.1) is 6.92 Å². The van der Waals surface area contributed by atoms with Crippen LogP contribution >= 0.6 is 0 Å². The molecule has 2 saturated heterocycles. The van der Waals surface area contributed by atoms with Crippen molar-refractivity contribution in [3.63, 3.8) is 0 Å². The number of rotatable bonds is 6. The Labute approximate surface area is 231 Å². The molecule has 206 valence electrons. The quantitative estimate of drug-likeness (QED) is 0.381. The number of ether oxygens (including phenoxy) is 2. The number of piperidine rings is 1. The Bertz CT molecular complexity index is 1550. The number of hydrogen-bond donors (Lipinski definition) is 2. The summed E-state index contributed by atoms with van der Waals surface area (Å²) < 4.78 is 14.1. The van der Waals surface area contributed by atoms with Crippen molar-refractivity contribution in [3.05, 3.63) is 66.2 Å². The summed E-state index contributed by atoms with van der Waals surface area (Å²) in [6.45, 7) is 4.66. The summed E-state index contributed by atoms with van der Waals surface area (Å²) in [7, 11) is 1.58. The van der Waals surface area contributed by atoms with Gasteiger partial charge in [-0.15, -0.1) is 0 Å². The van der Waals surface area contributed by atoms with E-state index < -0.39 is 0 Å². The van der Waals surface area contributed by atoms with E-state index in [1.807, 2.05) is 36.2 Å². The average molecular weight is 542 g/mol. The normalized spacial score (nSPS) is 20.3. The van der Waals surface area contributed by atoms with Crippen LogP contribution in [-0.4, -0.2) is 74.7 Å². The summed E-state index contributed by atoms with van der Waals surface area (Å²) in [4.78, 5) is 34.8. The summed E-state index contributed by atoms with van der Waals surface area (Å²) in [6, 6.07) is 11.5. The van der Waals surface area contributed by atoms with Gasteiger partial charge in [0.25, 0.3) is 5.91 Å². The van der Waals surface area contributed by atoms with E-state index in [2.05, 4.69) is 31.8 Å². The molecule has 0 aromatic carbocycles. The van der Waals surface area contributed by atoms with E-state index in [0.717, 1.165) is 35.2 Å². The molecule has 6 heterocycles. The molecular weight excluding hydrogens is 510 g/mol. The van der Waals surface area contributed by atoms with E-state index in [9.17, 15) is 9.59 Å². The molecule has 4 aromatic rings. The van der Waals surface area contributed by atoms with Crippen molar-refractivity contribution in [1.29, 1.82) is 0 Å². The second-order valence-corrected chi connectivity index (χ2v) is 10.3. The molecule has 4 aromatic heterocycles. The molecule has 0 radical (unpaired) electrons. The van der Waals surface area contributed by atoms with Gasteiger partial charge < -0.3 is 25.0 Å². The minimum Gasteiger partial charge on any atom is -0.488 e. The second kappa shape index (κ2) is 10.6. The van der Waals surface area contributed by atoms with Crippen LogP contribution in [-0.2, 0) is 9.53 Å². The van der Waals surface area contributed by atoms with Gasteiger partial charge >= 0.3 is 0 Å². The molecule has 40 heavy (non-hydrogen) atoms. The molecule has 3 atom stereocenters. The van der Waals surface area contributed by atoms with E-state index >= 15 is 0 Å². The van der Waals surface area contributed by atoms with Gasteiger partial charge in [-0.25, -0.2) is 9.50 Å². The Hall–Kier alpha value is -4.51. The average Bonchev–Trinajstić information content (AvgIpc) is 3.35. The summed E-state index contributed by atoms with van der Waals surface area (Å²) >= 11 is 0. The van der Waals surface area contributed by atoms with Crippen molar-refractivity contribution in [1.82, 2.24) is 29.8 Å². The number of aryl methyl sites for hydroxylation is 1. The number of carbonyl (C=O) groups excluding carboxylic acids is 2. The monoisotopic (exact) mass is 541 g/mol. The van der Waals surface area contributed by atoms with Crippen LogP contribution in [0.5, 0.6) is 5.75 Å². The molecule has 2 amide bonds. The van der Waals surface area contributed by atoms with Crippen LogP contribution < -0.4 is 15.4 Å². The SMILES string of the molecule is CNC(=O)c1ccc(Nc2cc3cc(-c4cc(C)ncc4OC4C[C@H]5COC[C@@H](C4)N5C(C)=O)ccn3n2)nc1. The minimum absolute atomic E-state index is 0.0282. The first-order valence-corrected chi connectivity index (χ1v) is 13.3. The third-order valence-corrected chi connectivity index (χ3v) is 7.42. The molecule has 2 bridgehead atoms. The van der Waals surface area contributed by atoms with E-state index in [1.165, 1.54) is 6.20 Å². The fraction of sp³-hybridized carbons (Fsp3) is 0.345. The largest absolute Gasteiger partial charge is 0.488 e. The van der Waals surface area contributed by atoms with Crippen molar-refractivity contribution >= 4 is 29.0 Å². The number of hydrogen-bond acceptors (Lipinski definition) is 8. The van der Waals surface area contributed by atoms with Crippen LogP contribution in [0.25, 0.3) is 16.6 Å². The lowest BCUT2D eigenvalue weighted by molar-refractivity contribution is -0.153. The third-order valence-electron chi connectivity index (χ3n) is 7.42. The number of carbonyl (C=O) groups is 2. The minimum atomic E-state index is -0.188. The van der Waals surface area contributed by atoms with Gasteiger partial charge in [-0.1, -0.05) is 0 Å². The summed E-state index contributed by atoms with van der Waals surface area (Å²) in [5.41, 5.74) is 4.20. The maximum absolute atomic E-state index is 12.2. The van der Waals surface area contributed by atoms with Crippen molar-refractivity contribution in [2.24, 2.45) is 0 Å². The molecule has 11 heteroatoms. The third kappa shape index (κ3) is 5.07. The molecule has 0 spiro atoms. The summed E-state index contributed by atoms with van der Waals surface area (Å²) in [5, 5.41) is 10.4. The highest BCUT2D eigenvalue weighted by molar-refractivity contribution is 5.93. The number of aromatic nitrogens is 4. The van der Waals surface area contributed by atoms with Gasteiger partial charge in [-0.2, -0.15) is 5.10 Å². The van der Waals surface area contributed by atoms with Crippen LogP contribution in [0.2, 0.25) is 0 Å². The molecule has 11 nitrogen and oxygen atoms in total. The number of amides is 2. The Morgan fingerprint density at radius 3 is 2.52 bits per heavy atom. The maximum Gasteiger partial charge on any atom is 0.252 e. The summed E-state index contributed by atoms with van der Waals surface area (Å²) in [6.07, 6.45) is 6.62. The van der Waals surface area contributed by atoms with Gasteiger partial charge in [0.05, 0.1) is 42.6 Å². The van der Waals surface area contributed by atoms with E-state index in [-0.39, 0.29) is 30.0 Å². The molecule has 2 aliphatic rings. The zero-order valence-electron chi connectivity index (χ0n) is 22.6. The highest BCUT2D eigenvalue weighted by Crippen LogP contribution is 2.36. The molecule has 6 rings (SSSR count). The van der Waals surface area contributed by atoms with Gasteiger partial charge in [-0.3, -0.25) is 14.6 Å². The predicted octanol–water partition coefficient (Wildman–Crippen LogP) is 3.36. The van der Waals surface area contributed by atoms with Crippen molar-refractivity contribution in [2.45, 2.75) is 44.9 Å². The molecular formula is C29H31N7O4. The molecule has 2 fully saturated rings. The first kappa shape index (κ1) is 25.8. The van der Waals surface area contributed by atoms with E-state index in [0.29, 0.717) is 36.2 Å². The summed E-state index contributed by atoms with van der Waals surface area (Å²) in [5.74, 6) is 1.84. The number of pyridine rings is 3. The molecule has 2 aliphatic heterocycles. The van der Waals surface area contributed by atoms with Crippen LogP contribution in [0.1, 0.15) is 35.8 Å². The van der Waals surface area contributed by atoms with Crippen LogP contribution in [0.3, 0.4) is 0 Å². The lowest BCUT2D eigenvalue weighted by atomic mass is 9.91. The zero-order valence-corrected chi connectivity index (χ0v) is 22.6. The molecule has 2 N–H and O–H groups in total.